The minimum atomic E-state index is -0.457. The van der Waals surface area contributed by atoms with Gasteiger partial charge in [-0.1, -0.05) is 6.07 Å². The van der Waals surface area contributed by atoms with E-state index in [1.54, 1.807) is 4.90 Å². The van der Waals surface area contributed by atoms with Crippen molar-refractivity contribution in [3.8, 4) is 0 Å². The first kappa shape index (κ1) is 17.3. The van der Waals surface area contributed by atoms with Crippen molar-refractivity contribution < 1.29 is 13.9 Å². The first-order valence-corrected chi connectivity index (χ1v) is 9.19. The number of carbonyl (C=O) groups excluding carboxylic acids is 1. The number of carbonyl (C=O) groups is 1. The number of benzene rings is 1. The fourth-order valence-electron chi connectivity index (χ4n) is 2.68. The van der Waals surface area contributed by atoms with E-state index >= 15 is 0 Å². The minimum Gasteiger partial charge on any atom is -0.444 e. The van der Waals surface area contributed by atoms with E-state index in [0.29, 0.717) is 19.1 Å². The summed E-state index contributed by atoms with van der Waals surface area (Å²) in [7, 11) is 0. The van der Waals surface area contributed by atoms with E-state index < -0.39 is 5.60 Å². The molecule has 1 aliphatic heterocycles. The minimum absolute atomic E-state index is 0.239. The van der Waals surface area contributed by atoms with Gasteiger partial charge in [-0.15, -0.1) is 0 Å². The molecule has 1 saturated heterocycles. The quantitative estimate of drug-likeness (QED) is 0.704. The van der Waals surface area contributed by atoms with E-state index in [4.69, 9.17) is 9.15 Å². The van der Waals surface area contributed by atoms with Gasteiger partial charge < -0.3 is 19.4 Å². The number of nitrogens with one attached hydrogen (secondary N) is 1. The van der Waals surface area contributed by atoms with Crippen LogP contribution in [0.2, 0.25) is 0 Å². The molecule has 0 radical (unpaired) electrons. The molecule has 0 spiro atoms. The molecule has 1 amide bonds. The van der Waals surface area contributed by atoms with E-state index in [9.17, 15) is 4.79 Å². The first-order valence-electron chi connectivity index (χ1n) is 8.11. The van der Waals surface area contributed by atoms with E-state index in [1.165, 1.54) is 0 Å². The molecule has 6 nitrogen and oxygen atoms in total. The lowest BCUT2D eigenvalue weighted by Gasteiger charge is -2.33. The standard InChI is InChI=1S/C17H22IN3O3/c1-17(2,3)24-16(22)21-9-7-11(8-10-21)19-15-20-14-12(18)5-4-6-13(14)23-15/h4-6,11H,7-10H2,1-3H3,(H,19,20). The number of hydrogen-bond acceptors (Lipinski definition) is 5. The Kier molecular flexibility index (Phi) is 4.89. The number of anilines is 1. The molecular formula is C17H22IN3O3. The van der Waals surface area contributed by atoms with Gasteiger partial charge in [0.15, 0.2) is 5.58 Å². The Hall–Kier alpha value is -1.51. The monoisotopic (exact) mass is 443 g/mol. The Morgan fingerprint density at radius 2 is 2.08 bits per heavy atom. The maximum Gasteiger partial charge on any atom is 0.410 e. The number of oxazole rings is 1. The molecule has 0 saturated carbocycles. The molecule has 0 aliphatic carbocycles. The Balaban J connectivity index is 1.57. The van der Waals surface area contributed by atoms with Crippen molar-refractivity contribution in [2.75, 3.05) is 18.4 Å². The lowest BCUT2D eigenvalue weighted by molar-refractivity contribution is 0.0210. The molecule has 1 aromatic heterocycles. The Labute approximate surface area is 155 Å². The van der Waals surface area contributed by atoms with Crippen molar-refractivity contribution in [2.45, 2.75) is 45.3 Å². The van der Waals surface area contributed by atoms with E-state index in [2.05, 4.69) is 32.9 Å². The van der Waals surface area contributed by atoms with Crippen LogP contribution in [-0.2, 0) is 4.74 Å². The van der Waals surface area contributed by atoms with Gasteiger partial charge in [0, 0.05) is 22.7 Å². The third-order valence-corrected chi connectivity index (χ3v) is 4.71. The van der Waals surface area contributed by atoms with Crippen LogP contribution in [-0.4, -0.2) is 40.7 Å². The number of likely N-dealkylation sites (tertiary alicyclic amines) is 1. The van der Waals surface area contributed by atoms with Crippen LogP contribution >= 0.6 is 22.6 Å². The molecule has 1 fully saturated rings. The maximum atomic E-state index is 12.1. The summed E-state index contributed by atoms with van der Waals surface area (Å²) in [5.41, 5.74) is 1.21. The lowest BCUT2D eigenvalue weighted by atomic mass is 10.1. The normalized spacial score (nSPS) is 16.4. The van der Waals surface area contributed by atoms with Crippen LogP contribution in [0, 0.1) is 3.57 Å². The van der Waals surface area contributed by atoms with Crippen LogP contribution < -0.4 is 5.32 Å². The van der Waals surface area contributed by atoms with E-state index in [1.807, 2.05) is 39.0 Å². The van der Waals surface area contributed by atoms with Gasteiger partial charge in [0.2, 0.25) is 0 Å². The first-order chi connectivity index (χ1) is 11.3. The third kappa shape index (κ3) is 4.12. The summed E-state index contributed by atoms with van der Waals surface area (Å²) in [6.07, 6.45) is 1.45. The van der Waals surface area contributed by atoms with Crippen LogP contribution in [0.3, 0.4) is 0 Å². The number of ether oxygens (including phenoxy) is 1. The molecule has 3 rings (SSSR count). The number of aromatic nitrogens is 1. The Morgan fingerprint density at radius 1 is 1.38 bits per heavy atom. The number of fused-ring (bicyclic) bond motifs is 1. The summed E-state index contributed by atoms with van der Waals surface area (Å²) in [4.78, 5) is 18.4. The number of hydrogen-bond donors (Lipinski definition) is 1. The molecule has 130 valence electrons. The highest BCUT2D eigenvalue weighted by Gasteiger charge is 2.27. The molecule has 1 aromatic carbocycles. The van der Waals surface area contributed by atoms with Gasteiger partial charge in [-0.3, -0.25) is 0 Å². The summed E-state index contributed by atoms with van der Waals surface area (Å²) < 4.78 is 12.2. The predicted molar refractivity (Wildman–Crippen MR) is 101 cm³/mol. The number of amides is 1. The van der Waals surface area contributed by atoms with Crippen molar-refractivity contribution in [3.05, 3.63) is 21.8 Å². The van der Waals surface area contributed by atoms with Crippen LogP contribution in [0.5, 0.6) is 0 Å². The average Bonchev–Trinajstić information content (AvgIpc) is 2.90. The molecule has 2 heterocycles. The van der Waals surface area contributed by atoms with Gasteiger partial charge in [-0.05, 0) is 68.3 Å². The second kappa shape index (κ2) is 6.78. The zero-order chi connectivity index (χ0) is 17.3. The molecular weight excluding hydrogens is 421 g/mol. The number of rotatable bonds is 2. The molecule has 1 aliphatic rings. The summed E-state index contributed by atoms with van der Waals surface area (Å²) in [6.45, 7) is 6.99. The van der Waals surface area contributed by atoms with Crippen molar-refractivity contribution in [1.82, 2.24) is 9.88 Å². The molecule has 2 aromatic rings. The van der Waals surface area contributed by atoms with Crippen molar-refractivity contribution in [1.29, 1.82) is 0 Å². The molecule has 0 unspecified atom stereocenters. The van der Waals surface area contributed by atoms with Crippen LogP contribution in [0.15, 0.2) is 22.6 Å². The summed E-state index contributed by atoms with van der Waals surface area (Å²) in [6, 6.07) is 6.67. The zero-order valence-corrected chi connectivity index (χ0v) is 16.3. The van der Waals surface area contributed by atoms with Crippen molar-refractivity contribution in [3.63, 3.8) is 0 Å². The Bertz CT molecular complexity index is 730. The van der Waals surface area contributed by atoms with Gasteiger partial charge in [0.1, 0.15) is 11.1 Å². The topological polar surface area (TPSA) is 67.6 Å². The average molecular weight is 443 g/mol. The number of nitrogens with zero attached hydrogens (tertiary/aromatic N) is 2. The number of halogens is 1. The SMILES string of the molecule is CC(C)(C)OC(=O)N1CCC(Nc2nc3c(I)cccc3o2)CC1. The molecule has 0 bridgehead atoms. The van der Waals surface area contributed by atoms with Gasteiger partial charge in [-0.25, -0.2) is 4.79 Å². The van der Waals surface area contributed by atoms with Crippen molar-refractivity contribution in [2.24, 2.45) is 0 Å². The van der Waals surface area contributed by atoms with Crippen LogP contribution in [0.4, 0.5) is 10.8 Å². The second-order valence-electron chi connectivity index (χ2n) is 6.99. The molecule has 0 atom stereocenters. The largest absolute Gasteiger partial charge is 0.444 e. The summed E-state index contributed by atoms with van der Waals surface area (Å²) >= 11 is 2.25. The highest BCUT2D eigenvalue weighted by atomic mass is 127. The van der Waals surface area contributed by atoms with E-state index in [-0.39, 0.29) is 12.1 Å². The van der Waals surface area contributed by atoms with Gasteiger partial charge in [-0.2, -0.15) is 4.98 Å². The van der Waals surface area contributed by atoms with E-state index in [0.717, 1.165) is 27.5 Å². The fraction of sp³-hybridized carbons (Fsp3) is 0.529. The van der Waals surface area contributed by atoms with Crippen molar-refractivity contribution >= 4 is 45.8 Å². The van der Waals surface area contributed by atoms with Crippen LogP contribution in [0.1, 0.15) is 33.6 Å². The fourth-order valence-corrected chi connectivity index (χ4v) is 3.28. The second-order valence-corrected chi connectivity index (χ2v) is 8.15. The third-order valence-electron chi connectivity index (χ3n) is 3.84. The summed E-state index contributed by atoms with van der Waals surface area (Å²) in [5, 5.41) is 3.35. The highest BCUT2D eigenvalue weighted by molar-refractivity contribution is 14.1. The predicted octanol–water partition coefficient (Wildman–Crippen LogP) is 4.24. The number of para-hydroxylation sites is 1. The maximum absolute atomic E-state index is 12.1. The molecule has 24 heavy (non-hydrogen) atoms. The van der Waals surface area contributed by atoms with Crippen LogP contribution in [0.25, 0.3) is 11.1 Å². The Morgan fingerprint density at radius 3 is 2.71 bits per heavy atom. The smallest absolute Gasteiger partial charge is 0.410 e. The number of piperidine rings is 1. The van der Waals surface area contributed by atoms with Gasteiger partial charge in [0.05, 0.1) is 0 Å². The zero-order valence-electron chi connectivity index (χ0n) is 14.1. The molecule has 7 heteroatoms. The summed E-state index contributed by atoms with van der Waals surface area (Å²) in [5.74, 6) is 0. The highest BCUT2D eigenvalue weighted by Crippen LogP contribution is 2.25. The van der Waals surface area contributed by atoms with Gasteiger partial charge in [0.25, 0.3) is 6.01 Å². The van der Waals surface area contributed by atoms with Gasteiger partial charge >= 0.3 is 6.09 Å². The lowest BCUT2D eigenvalue weighted by Crippen LogP contribution is -2.44. The molecule has 1 N–H and O–H groups in total.